The van der Waals surface area contributed by atoms with Gasteiger partial charge in [-0.3, -0.25) is 9.78 Å². The molecule has 0 fully saturated rings. The summed E-state index contributed by atoms with van der Waals surface area (Å²) in [5, 5.41) is 0. The molecule has 2 heteroatoms. The predicted molar refractivity (Wildman–Crippen MR) is 73.6 cm³/mol. The Morgan fingerprint density at radius 1 is 1.06 bits per heavy atom. The molecule has 1 heterocycles. The Bertz CT molecular complexity index is 538. The van der Waals surface area contributed by atoms with Crippen molar-refractivity contribution in [3.63, 3.8) is 0 Å². The van der Waals surface area contributed by atoms with Crippen molar-refractivity contribution in [3.8, 4) is 11.3 Å². The summed E-state index contributed by atoms with van der Waals surface area (Å²) in [6.45, 7) is 5.86. The molecular formula is C16H17NO. The lowest BCUT2D eigenvalue weighted by Crippen LogP contribution is -2.07. The molecule has 2 rings (SSSR count). The Morgan fingerprint density at radius 3 is 2.22 bits per heavy atom. The van der Waals surface area contributed by atoms with Gasteiger partial charge in [0.25, 0.3) is 0 Å². The van der Waals surface area contributed by atoms with Gasteiger partial charge in [0.15, 0.2) is 5.78 Å². The number of hydrogen-bond donors (Lipinski definition) is 0. The van der Waals surface area contributed by atoms with Crippen LogP contribution in [0.3, 0.4) is 0 Å². The Hall–Kier alpha value is -1.96. The fourth-order valence-corrected chi connectivity index (χ4v) is 1.77. The van der Waals surface area contributed by atoms with Crippen LogP contribution in [0.4, 0.5) is 0 Å². The second kappa shape index (κ2) is 5.13. The second-order valence-corrected chi connectivity index (χ2v) is 4.82. The molecule has 0 aliphatic heterocycles. The van der Waals surface area contributed by atoms with Crippen LogP contribution < -0.4 is 0 Å². The first-order valence-corrected chi connectivity index (χ1v) is 6.15. The molecule has 0 saturated carbocycles. The van der Waals surface area contributed by atoms with Gasteiger partial charge < -0.3 is 0 Å². The highest BCUT2D eigenvalue weighted by Gasteiger charge is 2.10. The SMILES string of the molecule is Cc1ccc(-c2ccc(C(=O)C(C)C)cn2)cc1. The van der Waals surface area contributed by atoms with Crippen LogP contribution in [-0.4, -0.2) is 10.8 Å². The van der Waals surface area contributed by atoms with Gasteiger partial charge in [0.2, 0.25) is 0 Å². The van der Waals surface area contributed by atoms with Gasteiger partial charge in [-0.25, -0.2) is 0 Å². The summed E-state index contributed by atoms with van der Waals surface area (Å²) in [5.41, 5.74) is 3.88. The Balaban J connectivity index is 2.27. The molecule has 0 unspecified atom stereocenters. The molecule has 0 saturated heterocycles. The van der Waals surface area contributed by atoms with Crippen LogP contribution in [0.5, 0.6) is 0 Å². The minimum Gasteiger partial charge on any atom is -0.294 e. The Kier molecular flexibility index (Phi) is 3.56. The smallest absolute Gasteiger partial charge is 0.166 e. The van der Waals surface area contributed by atoms with Crippen molar-refractivity contribution >= 4 is 5.78 Å². The van der Waals surface area contributed by atoms with Crippen LogP contribution >= 0.6 is 0 Å². The van der Waals surface area contributed by atoms with Crippen molar-refractivity contribution in [1.29, 1.82) is 0 Å². The van der Waals surface area contributed by atoms with Crippen LogP contribution in [0.15, 0.2) is 42.6 Å². The maximum Gasteiger partial charge on any atom is 0.166 e. The third-order valence-corrected chi connectivity index (χ3v) is 2.92. The summed E-state index contributed by atoms with van der Waals surface area (Å²) in [5.74, 6) is 0.148. The number of benzene rings is 1. The highest BCUT2D eigenvalue weighted by molar-refractivity contribution is 5.97. The van der Waals surface area contributed by atoms with E-state index in [2.05, 4.69) is 24.0 Å². The highest BCUT2D eigenvalue weighted by atomic mass is 16.1. The molecule has 92 valence electrons. The van der Waals surface area contributed by atoms with Crippen LogP contribution in [-0.2, 0) is 0 Å². The zero-order chi connectivity index (χ0) is 13.1. The molecule has 0 N–H and O–H groups in total. The average Bonchev–Trinajstić information content (AvgIpc) is 2.39. The third kappa shape index (κ3) is 2.65. The van der Waals surface area contributed by atoms with E-state index in [-0.39, 0.29) is 11.7 Å². The van der Waals surface area contributed by atoms with Crippen LogP contribution in [0.2, 0.25) is 0 Å². The minimum atomic E-state index is 0.0111. The minimum absolute atomic E-state index is 0.0111. The number of Topliss-reactive ketones (excluding diaryl/α,β-unsaturated/α-hetero) is 1. The number of rotatable bonds is 3. The van der Waals surface area contributed by atoms with Gasteiger partial charge in [0, 0.05) is 23.2 Å². The van der Waals surface area contributed by atoms with Gasteiger partial charge in [-0.15, -0.1) is 0 Å². The molecule has 0 aliphatic carbocycles. The third-order valence-electron chi connectivity index (χ3n) is 2.92. The second-order valence-electron chi connectivity index (χ2n) is 4.82. The van der Waals surface area contributed by atoms with Crippen LogP contribution in [0, 0.1) is 12.8 Å². The number of pyridine rings is 1. The first kappa shape index (κ1) is 12.5. The summed E-state index contributed by atoms with van der Waals surface area (Å²) >= 11 is 0. The summed E-state index contributed by atoms with van der Waals surface area (Å²) < 4.78 is 0. The van der Waals surface area contributed by atoms with Crippen LogP contribution in [0.1, 0.15) is 29.8 Å². The largest absolute Gasteiger partial charge is 0.294 e. The summed E-state index contributed by atoms with van der Waals surface area (Å²) in [7, 11) is 0. The number of nitrogens with zero attached hydrogens (tertiary/aromatic N) is 1. The fraction of sp³-hybridized carbons (Fsp3) is 0.250. The average molecular weight is 239 g/mol. The molecule has 0 bridgehead atoms. The van der Waals surface area contributed by atoms with Gasteiger partial charge >= 0.3 is 0 Å². The maximum atomic E-state index is 11.8. The number of ketones is 1. The van der Waals surface area contributed by atoms with E-state index in [9.17, 15) is 4.79 Å². The predicted octanol–water partition coefficient (Wildman–Crippen LogP) is 3.90. The van der Waals surface area contributed by atoms with Crippen molar-refractivity contribution in [2.75, 3.05) is 0 Å². The van der Waals surface area contributed by atoms with Gasteiger partial charge in [-0.05, 0) is 19.1 Å². The van der Waals surface area contributed by atoms with Crippen molar-refractivity contribution in [1.82, 2.24) is 4.98 Å². The molecule has 18 heavy (non-hydrogen) atoms. The molecule has 0 atom stereocenters. The lowest BCUT2D eigenvalue weighted by molar-refractivity contribution is 0.0939. The quantitative estimate of drug-likeness (QED) is 0.760. The van der Waals surface area contributed by atoms with E-state index in [1.54, 1.807) is 6.20 Å². The lowest BCUT2D eigenvalue weighted by atomic mass is 10.0. The normalized spacial score (nSPS) is 10.7. The van der Waals surface area contributed by atoms with Gasteiger partial charge in [-0.2, -0.15) is 0 Å². The van der Waals surface area contributed by atoms with E-state index in [4.69, 9.17) is 0 Å². The number of carbonyl (C=O) groups is 1. The summed E-state index contributed by atoms with van der Waals surface area (Å²) in [4.78, 5) is 16.2. The molecule has 1 aromatic carbocycles. The number of aromatic nitrogens is 1. The van der Waals surface area contributed by atoms with Gasteiger partial charge in [-0.1, -0.05) is 43.7 Å². The monoisotopic (exact) mass is 239 g/mol. The number of aryl methyl sites for hydroxylation is 1. The van der Waals surface area contributed by atoms with E-state index < -0.39 is 0 Å². The van der Waals surface area contributed by atoms with Crippen molar-refractivity contribution in [2.45, 2.75) is 20.8 Å². The van der Waals surface area contributed by atoms with E-state index in [0.717, 1.165) is 11.3 Å². The summed E-state index contributed by atoms with van der Waals surface area (Å²) in [6.07, 6.45) is 1.66. The molecule has 0 aliphatic rings. The first-order chi connectivity index (χ1) is 8.58. The van der Waals surface area contributed by atoms with Gasteiger partial charge in [0.05, 0.1) is 5.69 Å². The van der Waals surface area contributed by atoms with Gasteiger partial charge in [0.1, 0.15) is 0 Å². The summed E-state index contributed by atoms with van der Waals surface area (Å²) in [6, 6.07) is 12.0. The molecule has 1 aromatic heterocycles. The molecule has 0 spiro atoms. The topological polar surface area (TPSA) is 30.0 Å². The molecule has 0 radical (unpaired) electrons. The molecular weight excluding hydrogens is 222 g/mol. The van der Waals surface area contributed by atoms with E-state index >= 15 is 0 Å². The van der Waals surface area contributed by atoms with Crippen molar-refractivity contribution in [3.05, 3.63) is 53.7 Å². The zero-order valence-corrected chi connectivity index (χ0v) is 11.0. The number of carbonyl (C=O) groups excluding carboxylic acids is 1. The van der Waals surface area contributed by atoms with Crippen molar-refractivity contribution in [2.24, 2.45) is 5.92 Å². The number of hydrogen-bond acceptors (Lipinski definition) is 2. The van der Waals surface area contributed by atoms with E-state index in [0.29, 0.717) is 5.56 Å². The lowest BCUT2D eigenvalue weighted by Gasteiger charge is -2.05. The Morgan fingerprint density at radius 2 is 1.72 bits per heavy atom. The first-order valence-electron chi connectivity index (χ1n) is 6.15. The van der Waals surface area contributed by atoms with E-state index in [1.165, 1.54) is 5.56 Å². The maximum absolute atomic E-state index is 11.8. The highest BCUT2D eigenvalue weighted by Crippen LogP contribution is 2.18. The Labute approximate surface area is 108 Å². The molecule has 2 nitrogen and oxygen atoms in total. The van der Waals surface area contributed by atoms with Crippen LogP contribution in [0.25, 0.3) is 11.3 Å². The fourth-order valence-electron chi connectivity index (χ4n) is 1.77. The zero-order valence-electron chi connectivity index (χ0n) is 11.0. The van der Waals surface area contributed by atoms with E-state index in [1.807, 2.05) is 38.1 Å². The standard InChI is InChI=1S/C16H17NO/c1-11(2)16(18)14-8-9-15(17-10-14)13-6-4-12(3)5-7-13/h4-11H,1-3H3. The molecule has 0 amide bonds. The molecule has 2 aromatic rings. The van der Waals surface area contributed by atoms with Crippen molar-refractivity contribution < 1.29 is 4.79 Å².